The number of halogens is 5. The lowest BCUT2D eigenvalue weighted by Gasteiger charge is -2.08. The Morgan fingerprint density at radius 2 is 1.85 bits per heavy atom. The summed E-state index contributed by atoms with van der Waals surface area (Å²) in [5, 5.41) is -0.579. The molecule has 104 valence electrons. The predicted octanol–water partition coefficient (Wildman–Crippen LogP) is 4.80. The highest BCUT2D eigenvalue weighted by molar-refractivity contribution is 6.68. The molecule has 0 saturated carbocycles. The van der Waals surface area contributed by atoms with Crippen molar-refractivity contribution >= 4 is 28.4 Å². The molecule has 20 heavy (non-hydrogen) atoms. The van der Waals surface area contributed by atoms with Gasteiger partial charge in [-0.05, 0) is 35.9 Å². The fourth-order valence-corrected chi connectivity index (χ4v) is 1.98. The highest BCUT2D eigenvalue weighted by Gasteiger charge is 2.30. The highest BCUT2D eigenvalue weighted by Crippen LogP contribution is 2.30. The van der Waals surface area contributed by atoms with Crippen LogP contribution in [-0.2, 0) is 6.18 Å². The summed E-state index contributed by atoms with van der Waals surface area (Å²) in [4.78, 5) is 14.9. The molecule has 0 N–H and O–H groups in total. The summed E-state index contributed by atoms with van der Waals surface area (Å²) in [6.07, 6.45) is -3.71. The Hall–Kier alpha value is -1.59. The molecule has 0 bridgehead atoms. The van der Waals surface area contributed by atoms with Crippen molar-refractivity contribution in [1.29, 1.82) is 0 Å². The van der Waals surface area contributed by atoms with Crippen LogP contribution >= 0.6 is 23.2 Å². The summed E-state index contributed by atoms with van der Waals surface area (Å²) >= 11 is 11.1. The zero-order chi connectivity index (χ0) is 14.9. The molecule has 7 heteroatoms. The molecule has 2 nitrogen and oxygen atoms in total. The molecule has 0 aliphatic rings. The Bertz CT molecular complexity index is 654. The minimum Gasteiger partial charge on any atom is -0.276 e. The maximum atomic E-state index is 12.4. The second-order valence-corrected chi connectivity index (χ2v) is 4.65. The molecule has 2 aromatic rings. The molecule has 0 unspecified atom stereocenters. The van der Waals surface area contributed by atoms with Gasteiger partial charge in [-0.2, -0.15) is 13.2 Å². The number of carbonyl (C=O) groups is 1. The number of nitrogens with zero attached hydrogens (tertiary/aromatic N) is 1. The Balaban J connectivity index is 2.42. The second kappa shape index (κ2) is 5.42. The van der Waals surface area contributed by atoms with Gasteiger partial charge >= 0.3 is 6.18 Å². The predicted molar refractivity (Wildman–Crippen MR) is 69.9 cm³/mol. The lowest BCUT2D eigenvalue weighted by molar-refractivity contribution is -0.137. The monoisotopic (exact) mass is 319 g/mol. The van der Waals surface area contributed by atoms with Crippen LogP contribution in [0.2, 0.25) is 5.02 Å². The van der Waals surface area contributed by atoms with Crippen molar-refractivity contribution in [3.8, 4) is 11.3 Å². The van der Waals surface area contributed by atoms with Gasteiger partial charge in [-0.1, -0.05) is 17.7 Å². The number of hydrogen-bond donors (Lipinski definition) is 0. The number of alkyl halides is 3. The van der Waals surface area contributed by atoms with Crippen LogP contribution in [0.1, 0.15) is 15.9 Å². The molecule has 0 radical (unpaired) electrons. The van der Waals surface area contributed by atoms with E-state index in [9.17, 15) is 18.0 Å². The van der Waals surface area contributed by atoms with Crippen molar-refractivity contribution in [3.05, 3.63) is 52.7 Å². The van der Waals surface area contributed by atoms with E-state index in [1.807, 2.05) is 0 Å². The van der Waals surface area contributed by atoms with E-state index in [0.717, 1.165) is 12.3 Å². The average Bonchev–Trinajstić information content (AvgIpc) is 2.38. The van der Waals surface area contributed by atoms with Gasteiger partial charge in [0.15, 0.2) is 0 Å². The van der Waals surface area contributed by atoms with Crippen LogP contribution < -0.4 is 0 Å². The third-order valence-electron chi connectivity index (χ3n) is 2.56. The highest BCUT2D eigenvalue weighted by atomic mass is 35.5. The van der Waals surface area contributed by atoms with Crippen molar-refractivity contribution < 1.29 is 18.0 Å². The maximum absolute atomic E-state index is 12.4. The van der Waals surface area contributed by atoms with Crippen LogP contribution in [0.25, 0.3) is 11.3 Å². The molecule has 0 fully saturated rings. The lowest BCUT2D eigenvalue weighted by Crippen LogP contribution is -2.05. The standard InChI is InChI=1S/C13H6Cl2F3NO/c14-10-3-1-7(5-9(10)12(15)20)11-4-2-8(6-19-11)13(16,17)18/h1-6H. The second-order valence-electron chi connectivity index (χ2n) is 3.90. The third kappa shape index (κ3) is 3.11. The zero-order valence-corrected chi connectivity index (χ0v) is 11.2. The van der Waals surface area contributed by atoms with Gasteiger partial charge in [-0.3, -0.25) is 9.78 Å². The van der Waals surface area contributed by atoms with Gasteiger partial charge in [0.25, 0.3) is 5.24 Å². The van der Waals surface area contributed by atoms with E-state index in [1.54, 1.807) is 6.07 Å². The van der Waals surface area contributed by atoms with Gasteiger partial charge in [0, 0.05) is 11.8 Å². The van der Waals surface area contributed by atoms with Crippen molar-refractivity contribution in [2.75, 3.05) is 0 Å². The van der Waals surface area contributed by atoms with Crippen molar-refractivity contribution in [2.45, 2.75) is 6.18 Å². The van der Waals surface area contributed by atoms with E-state index in [1.165, 1.54) is 18.2 Å². The first kappa shape index (κ1) is 14.8. The lowest BCUT2D eigenvalue weighted by atomic mass is 10.1. The third-order valence-corrected chi connectivity index (χ3v) is 3.10. The number of rotatable bonds is 2. The molecular formula is C13H6Cl2F3NO. The van der Waals surface area contributed by atoms with Gasteiger partial charge in [0.2, 0.25) is 0 Å². The molecule has 0 aliphatic heterocycles. The van der Waals surface area contributed by atoms with Crippen LogP contribution in [0.3, 0.4) is 0 Å². The summed E-state index contributed by atoms with van der Waals surface area (Å²) in [6.45, 7) is 0. The SMILES string of the molecule is O=C(Cl)c1cc(-c2ccc(C(F)(F)F)cn2)ccc1Cl. The van der Waals surface area contributed by atoms with Gasteiger partial charge < -0.3 is 0 Å². The van der Waals surface area contributed by atoms with Crippen molar-refractivity contribution in [2.24, 2.45) is 0 Å². The summed E-state index contributed by atoms with van der Waals surface area (Å²) in [5.41, 5.74) is -0.0302. The number of carbonyl (C=O) groups excluding carboxylic acids is 1. The first-order chi connectivity index (χ1) is 9.29. The van der Waals surface area contributed by atoms with Crippen LogP contribution in [0.4, 0.5) is 13.2 Å². The van der Waals surface area contributed by atoms with Gasteiger partial charge in [-0.15, -0.1) is 0 Å². The largest absolute Gasteiger partial charge is 0.417 e. The van der Waals surface area contributed by atoms with Crippen molar-refractivity contribution in [1.82, 2.24) is 4.98 Å². The fourth-order valence-electron chi connectivity index (χ4n) is 1.57. The molecule has 0 saturated heterocycles. The summed E-state index contributed by atoms with van der Waals surface area (Å²) in [7, 11) is 0. The number of pyridine rings is 1. The van der Waals surface area contributed by atoms with E-state index in [0.29, 0.717) is 5.56 Å². The Morgan fingerprint density at radius 3 is 2.35 bits per heavy atom. The van der Waals surface area contributed by atoms with Crippen LogP contribution in [-0.4, -0.2) is 10.2 Å². The topological polar surface area (TPSA) is 30.0 Å². The van der Waals surface area contributed by atoms with E-state index in [-0.39, 0.29) is 16.3 Å². The smallest absolute Gasteiger partial charge is 0.276 e. The number of hydrogen-bond acceptors (Lipinski definition) is 2. The average molecular weight is 320 g/mol. The molecular weight excluding hydrogens is 314 g/mol. The Morgan fingerprint density at radius 1 is 1.15 bits per heavy atom. The molecule has 0 amide bonds. The normalized spacial score (nSPS) is 11.4. The number of aromatic nitrogens is 1. The number of benzene rings is 1. The molecule has 2 rings (SSSR count). The summed E-state index contributed by atoms with van der Waals surface area (Å²) < 4.78 is 37.3. The van der Waals surface area contributed by atoms with Crippen LogP contribution in [0, 0.1) is 0 Å². The van der Waals surface area contributed by atoms with E-state index < -0.39 is 17.0 Å². The van der Waals surface area contributed by atoms with E-state index in [4.69, 9.17) is 23.2 Å². The minimum absolute atomic E-state index is 0.0764. The minimum atomic E-state index is -4.44. The fraction of sp³-hybridized carbons (Fsp3) is 0.0769. The van der Waals surface area contributed by atoms with Crippen LogP contribution in [0.5, 0.6) is 0 Å². The van der Waals surface area contributed by atoms with Gasteiger partial charge in [0.1, 0.15) is 0 Å². The van der Waals surface area contributed by atoms with Crippen molar-refractivity contribution in [3.63, 3.8) is 0 Å². The van der Waals surface area contributed by atoms with Crippen LogP contribution in [0.15, 0.2) is 36.5 Å². The molecule has 0 spiro atoms. The zero-order valence-electron chi connectivity index (χ0n) is 9.71. The summed E-state index contributed by atoms with van der Waals surface area (Å²) in [5.74, 6) is 0. The summed E-state index contributed by atoms with van der Waals surface area (Å²) in [6, 6.07) is 6.49. The molecule has 1 aromatic carbocycles. The molecule has 1 heterocycles. The maximum Gasteiger partial charge on any atom is 0.417 e. The Labute approximate surface area is 122 Å². The first-order valence-corrected chi connectivity index (χ1v) is 6.07. The first-order valence-electron chi connectivity index (χ1n) is 5.32. The molecule has 0 aliphatic carbocycles. The van der Waals surface area contributed by atoms with E-state index in [2.05, 4.69) is 4.98 Å². The Kier molecular flexibility index (Phi) is 4.01. The van der Waals surface area contributed by atoms with E-state index >= 15 is 0 Å². The van der Waals surface area contributed by atoms with Gasteiger partial charge in [-0.25, -0.2) is 0 Å². The van der Waals surface area contributed by atoms with Gasteiger partial charge in [0.05, 0.1) is 21.8 Å². The quantitative estimate of drug-likeness (QED) is 0.744. The molecule has 0 atom stereocenters. The molecule has 1 aromatic heterocycles.